The van der Waals surface area contributed by atoms with Crippen molar-refractivity contribution in [3.05, 3.63) is 24.0 Å². The number of amides is 2. The van der Waals surface area contributed by atoms with E-state index in [0.717, 1.165) is 23.1 Å². The SMILES string of the molecule is CCNC(=O)N(C)c1ccc(SC(F)(F)F)cc1F. The maximum absolute atomic E-state index is 13.7. The number of hydrogen-bond acceptors (Lipinski definition) is 2. The molecule has 2 amide bonds. The average Bonchev–Trinajstić information content (AvgIpc) is 2.26. The Balaban J connectivity index is 2.91. The number of thioether (sulfide) groups is 1. The number of nitrogens with one attached hydrogen (secondary N) is 1. The normalized spacial score (nSPS) is 11.3. The Hall–Kier alpha value is -1.44. The van der Waals surface area contributed by atoms with Gasteiger partial charge in [0.15, 0.2) is 0 Å². The highest BCUT2D eigenvalue weighted by atomic mass is 32.2. The largest absolute Gasteiger partial charge is 0.446 e. The molecular formula is C11H12F4N2OS. The van der Waals surface area contributed by atoms with Gasteiger partial charge in [-0.3, -0.25) is 4.90 Å². The van der Waals surface area contributed by atoms with Crippen molar-refractivity contribution in [2.45, 2.75) is 17.3 Å². The van der Waals surface area contributed by atoms with E-state index >= 15 is 0 Å². The predicted molar refractivity (Wildman–Crippen MR) is 65.8 cm³/mol. The first-order valence-corrected chi connectivity index (χ1v) is 6.13. The van der Waals surface area contributed by atoms with Crippen LogP contribution in [0.2, 0.25) is 0 Å². The predicted octanol–water partition coefficient (Wildman–Crippen LogP) is 3.60. The smallest absolute Gasteiger partial charge is 0.338 e. The maximum atomic E-state index is 13.7. The van der Waals surface area contributed by atoms with E-state index in [1.807, 2.05) is 0 Å². The number of hydrogen-bond donors (Lipinski definition) is 1. The van der Waals surface area contributed by atoms with Gasteiger partial charge in [-0.25, -0.2) is 9.18 Å². The topological polar surface area (TPSA) is 32.3 Å². The average molecular weight is 296 g/mol. The highest BCUT2D eigenvalue weighted by Crippen LogP contribution is 2.38. The highest BCUT2D eigenvalue weighted by molar-refractivity contribution is 8.00. The van der Waals surface area contributed by atoms with Crippen molar-refractivity contribution in [2.75, 3.05) is 18.5 Å². The summed E-state index contributed by atoms with van der Waals surface area (Å²) in [5.41, 5.74) is -4.56. The lowest BCUT2D eigenvalue weighted by molar-refractivity contribution is -0.0328. The first kappa shape index (κ1) is 15.6. The van der Waals surface area contributed by atoms with E-state index in [4.69, 9.17) is 0 Å². The van der Waals surface area contributed by atoms with Gasteiger partial charge in [-0.15, -0.1) is 0 Å². The fourth-order valence-electron chi connectivity index (χ4n) is 1.34. The monoisotopic (exact) mass is 296 g/mol. The molecule has 0 saturated carbocycles. The molecule has 0 radical (unpaired) electrons. The van der Waals surface area contributed by atoms with Gasteiger partial charge in [0.2, 0.25) is 0 Å². The molecule has 0 aromatic heterocycles. The van der Waals surface area contributed by atoms with Crippen molar-refractivity contribution < 1.29 is 22.4 Å². The zero-order valence-corrected chi connectivity index (χ0v) is 11.0. The van der Waals surface area contributed by atoms with E-state index in [2.05, 4.69) is 5.32 Å². The summed E-state index contributed by atoms with van der Waals surface area (Å²) in [6.45, 7) is 2.07. The summed E-state index contributed by atoms with van der Waals surface area (Å²) in [6.07, 6.45) is 0. The molecule has 1 rings (SSSR count). The van der Waals surface area contributed by atoms with Crippen LogP contribution in [0.15, 0.2) is 23.1 Å². The molecule has 19 heavy (non-hydrogen) atoms. The Morgan fingerprint density at radius 2 is 2.05 bits per heavy atom. The minimum atomic E-state index is -4.47. The van der Waals surface area contributed by atoms with E-state index in [9.17, 15) is 22.4 Å². The molecule has 0 saturated heterocycles. The standard InChI is InChI=1S/C11H12F4N2OS/c1-3-16-10(18)17(2)9-5-4-7(6-8(9)12)19-11(13,14)15/h4-6H,3H2,1-2H3,(H,16,18). The lowest BCUT2D eigenvalue weighted by atomic mass is 10.3. The fraction of sp³-hybridized carbons (Fsp3) is 0.364. The molecule has 0 atom stereocenters. The summed E-state index contributed by atoms with van der Waals surface area (Å²) in [6, 6.07) is 2.48. The molecule has 0 aliphatic carbocycles. The molecule has 0 fully saturated rings. The minimum Gasteiger partial charge on any atom is -0.338 e. The third-order valence-corrected chi connectivity index (χ3v) is 2.87. The van der Waals surface area contributed by atoms with Crippen molar-refractivity contribution in [1.82, 2.24) is 5.32 Å². The Labute approximate surface area is 112 Å². The van der Waals surface area contributed by atoms with Crippen LogP contribution in [-0.4, -0.2) is 25.1 Å². The van der Waals surface area contributed by atoms with Gasteiger partial charge in [-0.2, -0.15) is 13.2 Å². The Kier molecular flexibility index (Phi) is 5.04. The number of alkyl halides is 3. The van der Waals surface area contributed by atoms with Gasteiger partial charge in [-0.05, 0) is 36.9 Å². The minimum absolute atomic E-state index is 0.0857. The third-order valence-electron chi connectivity index (χ3n) is 2.15. The van der Waals surface area contributed by atoms with Gasteiger partial charge >= 0.3 is 11.5 Å². The van der Waals surface area contributed by atoms with Crippen LogP contribution in [0.5, 0.6) is 0 Å². The van der Waals surface area contributed by atoms with Crippen LogP contribution in [0.25, 0.3) is 0 Å². The molecule has 0 spiro atoms. The number of carbonyl (C=O) groups is 1. The molecular weight excluding hydrogens is 284 g/mol. The Morgan fingerprint density at radius 3 is 2.53 bits per heavy atom. The quantitative estimate of drug-likeness (QED) is 0.682. The zero-order valence-electron chi connectivity index (χ0n) is 10.2. The summed E-state index contributed by atoms with van der Waals surface area (Å²) in [5, 5.41) is 2.46. The first-order chi connectivity index (χ1) is 8.74. The van der Waals surface area contributed by atoms with E-state index in [1.165, 1.54) is 7.05 Å². The van der Waals surface area contributed by atoms with Gasteiger partial charge in [0.05, 0.1) is 5.69 Å². The molecule has 1 aromatic carbocycles. The third kappa shape index (κ3) is 4.62. The molecule has 0 bridgehead atoms. The second-order valence-electron chi connectivity index (χ2n) is 3.56. The van der Waals surface area contributed by atoms with E-state index < -0.39 is 29.1 Å². The van der Waals surface area contributed by atoms with E-state index in [0.29, 0.717) is 6.54 Å². The van der Waals surface area contributed by atoms with Gasteiger partial charge in [0.25, 0.3) is 0 Å². The molecule has 8 heteroatoms. The Morgan fingerprint density at radius 1 is 1.42 bits per heavy atom. The van der Waals surface area contributed by atoms with Crippen molar-refractivity contribution in [2.24, 2.45) is 0 Å². The van der Waals surface area contributed by atoms with E-state index in [1.54, 1.807) is 6.92 Å². The molecule has 1 aromatic rings. The summed E-state index contributed by atoms with van der Waals surface area (Å²) in [4.78, 5) is 12.2. The summed E-state index contributed by atoms with van der Waals surface area (Å²) < 4.78 is 50.1. The van der Waals surface area contributed by atoms with Crippen LogP contribution in [0, 0.1) is 5.82 Å². The van der Waals surface area contributed by atoms with Gasteiger partial charge in [0, 0.05) is 18.5 Å². The van der Waals surface area contributed by atoms with Crippen LogP contribution < -0.4 is 10.2 Å². The molecule has 3 nitrogen and oxygen atoms in total. The van der Waals surface area contributed by atoms with Crippen LogP contribution in [0.4, 0.5) is 28.0 Å². The highest BCUT2D eigenvalue weighted by Gasteiger charge is 2.29. The van der Waals surface area contributed by atoms with Crippen molar-refractivity contribution in [1.29, 1.82) is 0 Å². The molecule has 0 unspecified atom stereocenters. The number of anilines is 1. The van der Waals surface area contributed by atoms with Crippen molar-refractivity contribution in [3.63, 3.8) is 0 Å². The number of urea groups is 1. The summed E-state index contributed by atoms with van der Waals surface area (Å²) in [7, 11) is 1.33. The van der Waals surface area contributed by atoms with Crippen molar-refractivity contribution in [3.8, 4) is 0 Å². The second-order valence-corrected chi connectivity index (χ2v) is 4.69. The number of rotatable bonds is 3. The second kappa shape index (κ2) is 6.14. The summed E-state index contributed by atoms with van der Waals surface area (Å²) >= 11 is -0.405. The van der Waals surface area contributed by atoms with Crippen LogP contribution in [0.1, 0.15) is 6.92 Å². The zero-order chi connectivity index (χ0) is 14.6. The number of nitrogens with zero attached hydrogens (tertiary/aromatic N) is 1. The van der Waals surface area contributed by atoms with Gasteiger partial charge < -0.3 is 5.32 Å². The molecule has 1 N–H and O–H groups in total. The van der Waals surface area contributed by atoms with E-state index in [-0.39, 0.29) is 10.6 Å². The van der Waals surface area contributed by atoms with Crippen LogP contribution in [0.3, 0.4) is 0 Å². The lowest BCUT2D eigenvalue weighted by Gasteiger charge is -2.18. The van der Waals surface area contributed by atoms with Gasteiger partial charge in [-0.1, -0.05) is 0 Å². The van der Waals surface area contributed by atoms with Crippen LogP contribution in [-0.2, 0) is 0 Å². The fourth-order valence-corrected chi connectivity index (χ4v) is 1.90. The maximum Gasteiger partial charge on any atom is 0.446 e. The Bertz CT molecular complexity index is 464. The molecule has 0 aliphatic heterocycles. The molecule has 0 aliphatic rings. The number of carbonyl (C=O) groups excluding carboxylic acids is 1. The number of benzene rings is 1. The summed E-state index contributed by atoms with van der Waals surface area (Å²) in [5.74, 6) is -0.886. The van der Waals surface area contributed by atoms with Crippen LogP contribution >= 0.6 is 11.8 Å². The first-order valence-electron chi connectivity index (χ1n) is 5.31. The number of halogens is 4. The van der Waals surface area contributed by atoms with Gasteiger partial charge in [0.1, 0.15) is 5.82 Å². The van der Waals surface area contributed by atoms with Crippen molar-refractivity contribution >= 4 is 23.5 Å². The molecule has 0 heterocycles. The molecule has 106 valence electrons. The lowest BCUT2D eigenvalue weighted by Crippen LogP contribution is -2.37.